The Morgan fingerprint density at radius 2 is 2.14 bits per heavy atom. The minimum Gasteiger partial charge on any atom is -0.349 e. The van der Waals surface area contributed by atoms with Gasteiger partial charge in [0.15, 0.2) is 5.78 Å². The van der Waals surface area contributed by atoms with Gasteiger partial charge in [0.2, 0.25) is 6.41 Å². The second-order valence-electron chi connectivity index (χ2n) is 2.83. The Labute approximate surface area is 84.2 Å². The fourth-order valence-electron chi connectivity index (χ4n) is 1.01. The van der Waals surface area contributed by atoms with E-state index in [0.29, 0.717) is 12.8 Å². The molecule has 1 unspecified atom stereocenters. The van der Waals surface area contributed by atoms with Crippen molar-refractivity contribution in [3.63, 3.8) is 0 Å². The first-order chi connectivity index (χ1) is 6.65. The van der Waals surface area contributed by atoms with Gasteiger partial charge in [0.25, 0.3) is 0 Å². The maximum Gasteiger partial charge on any atom is 0.207 e. The van der Waals surface area contributed by atoms with E-state index in [4.69, 9.17) is 0 Å². The molecule has 0 saturated carbocycles. The number of ketones is 1. The third-order valence-corrected chi connectivity index (χ3v) is 1.79. The third kappa shape index (κ3) is 4.40. The van der Waals surface area contributed by atoms with E-state index in [-0.39, 0.29) is 5.78 Å². The predicted molar refractivity (Wildman–Crippen MR) is 56.8 cm³/mol. The Morgan fingerprint density at radius 3 is 2.50 bits per heavy atom. The molecule has 0 aromatic rings. The second-order valence-corrected chi connectivity index (χ2v) is 2.83. The summed E-state index contributed by atoms with van der Waals surface area (Å²) in [7, 11) is 0. The van der Waals surface area contributed by atoms with E-state index >= 15 is 0 Å². The molecule has 1 atom stereocenters. The Hall–Kier alpha value is -1.64. The van der Waals surface area contributed by atoms with Crippen LogP contribution in [0.15, 0.2) is 37.0 Å². The van der Waals surface area contributed by atoms with Crippen molar-refractivity contribution in [3.05, 3.63) is 37.0 Å². The fourth-order valence-corrected chi connectivity index (χ4v) is 1.01. The number of hydrogen-bond acceptors (Lipinski definition) is 2. The monoisotopic (exact) mass is 193 g/mol. The van der Waals surface area contributed by atoms with Gasteiger partial charge in [-0.2, -0.15) is 0 Å². The van der Waals surface area contributed by atoms with Gasteiger partial charge in [-0.15, -0.1) is 0 Å². The lowest BCUT2D eigenvalue weighted by atomic mass is 10.0. The molecule has 3 heteroatoms. The Kier molecular flexibility index (Phi) is 6.03. The highest BCUT2D eigenvalue weighted by atomic mass is 16.1. The van der Waals surface area contributed by atoms with E-state index in [2.05, 4.69) is 18.5 Å². The molecule has 0 saturated heterocycles. The molecule has 0 aliphatic rings. The van der Waals surface area contributed by atoms with Crippen LogP contribution in [-0.4, -0.2) is 18.2 Å². The molecule has 14 heavy (non-hydrogen) atoms. The first-order valence-corrected chi connectivity index (χ1v) is 4.29. The van der Waals surface area contributed by atoms with Crippen LogP contribution in [-0.2, 0) is 9.59 Å². The number of carbonyl (C=O) groups is 2. The summed E-state index contributed by atoms with van der Waals surface area (Å²) in [5.74, 6) is -0.0751. The van der Waals surface area contributed by atoms with E-state index in [1.165, 1.54) is 6.92 Å². The first kappa shape index (κ1) is 12.4. The Bertz CT molecular complexity index is 266. The standard InChI is InChI=1S/C11H15NO2/c1-4-6-10(5-2)7-11(9(3)14)12-8-13/h4-6,8,11H,1-2,7H2,3H3,(H,12,13)/b10-6+. The molecule has 0 heterocycles. The van der Waals surface area contributed by atoms with Gasteiger partial charge in [0, 0.05) is 0 Å². The van der Waals surface area contributed by atoms with Crippen LogP contribution in [0.5, 0.6) is 0 Å². The van der Waals surface area contributed by atoms with Crippen molar-refractivity contribution in [2.45, 2.75) is 19.4 Å². The summed E-state index contributed by atoms with van der Waals surface area (Å²) >= 11 is 0. The maximum absolute atomic E-state index is 11.1. The smallest absolute Gasteiger partial charge is 0.207 e. The normalized spacial score (nSPS) is 12.8. The molecule has 0 fully saturated rings. The molecule has 0 radical (unpaired) electrons. The Morgan fingerprint density at radius 1 is 1.50 bits per heavy atom. The highest BCUT2D eigenvalue weighted by Crippen LogP contribution is 2.07. The van der Waals surface area contributed by atoms with Crippen molar-refractivity contribution in [3.8, 4) is 0 Å². The molecule has 1 amide bonds. The molecule has 0 aromatic heterocycles. The number of nitrogens with one attached hydrogen (secondary N) is 1. The van der Waals surface area contributed by atoms with Crippen LogP contribution in [0.1, 0.15) is 13.3 Å². The van der Waals surface area contributed by atoms with Gasteiger partial charge in [-0.1, -0.05) is 31.4 Å². The molecule has 0 spiro atoms. The molecule has 3 nitrogen and oxygen atoms in total. The Balaban J connectivity index is 4.47. The largest absolute Gasteiger partial charge is 0.349 e. The van der Waals surface area contributed by atoms with Crippen molar-refractivity contribution in [2.24, 2.45) is 0 Å². The van der Waals surface area contributed by atoms with Crippen molar-refractivity contribution in [2.75, 3.05) is 0 Å². The maximum atomic E-state index is 11.1. The van der Waals surface area contributed by atoms with Gasteiger partial charge in [-0.05, 0) is 18.9 Å². The highest BCUT2D eigenvalue weighted by Gasteiger charge is 2.13. The first-order valence-electron chi connectivity index (χ1n) is 4.29. The summed E-state index contributed by atoms with van der Waals surface area (Å²) in [6, 6.07) is -0.475. The number of allylic oxidation sites excluding steroid dienone is 3. The van der Waals surface area contributed by atoms with Crippen LogP contribution in [0.3, 0.4) is 0 Å². The average Bonchev–Trinajstić information content (AvgIpc) is 2.15. The average molecular weight is 193 g/mol. The van der Waals surface area contributed by atoms with Crippen LogP contribution in [0.2, 0.25) is 0 Å². The second kappa shape index (κ2) is 6.83. The summed E-state index contributed by atoms with van der Waals surface area (Å²) in [6.45, 7) is 8.60. The fraction of sp³-hybridized carbons (Fsp3) is 0.273. The minimum atomic E-state index is -0.475. The molecule has 1 N–H and O–H groups in total. The number of carbonyl (C=O) groups excluding carboxylic acids is 2. The van der Waals surface area contributed by atoms with Gasteiger partial charge >= 0.3 is 0 Å². The molecule has 0 bridgehead atoms. The van der Waals surface area contributed by atoms with Crippen molar-refractivity contribution in [1.82, 2.24) is 5.32 Å². The van der Waals surface area contributed by atoms with Crippen LogP contribution < -0.4 is 5.32 Å². The van der Waals surface area contributed by atoms with Crippen LogP contribution >= 0.6 is 0 Å². The summed E-state index contributed by atoms with van der Waals surface area (Å²) in [4.78, 5) is 21.3. The topological polar surface area (TPSA) is 46.2 Å². The van der Waals surface area contributed by atoms with Crippen molar-refractivity contribution in [1.29, 1.82) is 0 Å². The number of Topliss-reactive ketones (excluding diaryl/α,β-unsaturated/α-hetero) is 1. The van der Waals surface area contributed by atoms with Crippen LogP contribution in [0, 0.1) is 0 Å². The summed E-state index contributed by atoms with van der Waals surface area (Å²) in [6.07, 6.45) is 6.00. The molecule has 0 aliphatic heterocycles. The molecule has 76 valence electrons. The van der Waals surface area contributed by atoms with Gasteiger partial charge in [0.05, 0.1) is 6.04 Å². The van der Waals surface area contributed by atoms with Gasteiger partial charge in [-0.25, -0.2) is 0 Å². The quantitative estimate of drug-likeness (QED) is 0.490. The third-order valence-electron chi connectivity index (χ3n) is 1.79. The van der Waals surface area contributed by atoms with E-state index in [1.807, 2.05) is 0 Å². The number of rotatable bonds is 7. The van der Waals surface area contributed by atoms with Crippen molar-refractivity contribution < 1.29 is 9.59 Å². The van der Waals surface area contributed by atoms with E-state index in [1.54, 1.807) is 18.2 Å². The summed E-state index contributed by atoms with van der Waals surface area (Å²) in [5.41, 5.74) is 0.870. The van der Waals surface area contributed by atoms with E-state index in [0.717, 1.165) is 5.57 Å². The lowest BCUT2D eigenvalue weighted by molar-refractivity contribution is -0.121. The zero-order valence-corrected chi connectivity index (χ0v) is 8.32. The van der Waals surface area contributed by atoms with Crippen molar-refractivity contribution >= 4 is 12.2 Å². The molecule has 0 rings (SSSR count). The molecular weight excluding hydrogens is 178 g/mol. The lowest BCUT2D eigenvalue weighted by Gasteiger charge is -2.12. The number of hydrogen-bond donors (Lipinski definition) is 1. The van der Waals surface area contributed by atoms with E-state index in [9.17, 15) is 9.59 Å². The summed E-state index contributed by atoms with van der Waals surface area (Å²) in [5, 5.41) is 2.45. The van der Waals surface area contributed by atoms with Gasteiger partial charge in [-0.3, -0.25) is 9.59 Å². The van der Waals surface area contributed by atoms with Crippen LogP contribution in [0.4, 0.5) is 0 Å². The lowest BCUT2D eigenvalue weighted by Crippen LogP contribution is -2.34. The van der Waals surface area contributed by atoms with E-state index < -0.39 is 6.04 Å². The zero-order chi connectivity index (χ0) is 11.0. The van der Waals surface area contributed by atoms with Gasteiger partial charge < -0.3 is 5.32 Å². The molecule has 0 aromatic carbocycles. The SMILES string of the molecule is C=C/C=C(\C=C)CC(NC=O)C(C)=O. The highest BCUT2D eigenvalue weighted by molar-refractivity contribution is 5.83. The predicted octanol–water partition coefficient (Wildman–Crippen LogP) is 1.38. The van der Waals surface area contributed by atoms with Crippen LogP contribution in [0.25, 0.3) is 0 Å². The molecule has 0 aliphatic carbocycles. The number of amides is 1. The molecular formula is C11H15NO2. The minimum absolute atomic E-state index is 0.0751. The summed E-state index contributed by atoms with van der Waals surface area (Å²) < 4.78 is 0. The van der Waals surface area contributed by atoms with Gasteiger partial charge in [0.1, 0.15) is 0 Å². The zero-order valence-electron chi connectivity index (χ0n) is 8.32.